The van der Waals surface area contributed by atoms with E-state index in [4.69, 9.17) is 16.7 Å². The van der Waals surface area contributed by atoms with Crippen molar-refractivity contribution in [3.8, 4) is 0 Å². The highest BCUT2D eigenvalue weighted by molar-refractivity contribution is 6.31. The van der Waals surface area contributed by atoms with Crippen LogP contribution in [-0.4, -0.2) is 28.2 Å². The van der Waals surface area contributed by atoms with Gasteiger partial charge in [0.15, 0.2) is 0 Å². The van der Waals surface area contributed by atoms with Gasteiger partial charge in [0.25, 0.3) is 5.91 Å². The van der Waals surface area contributed by atoms with Gasteiger partial charge in [0.2, 0.25) is 5.43 Å². The lowest BCUT2D eigenvalue weighted by Crippen LogP contribution is -2.36. The van der Waals surface area contributed by atoms with Crippen molar-refractivity contribution in [1.29, 1.82) is 0 Å². The third kappa shape index (κ3) is 3.31. The van der Waals surface area contributed by atoms with Crippen LogP contribution in [0.25, 0.3) is 10.9 Å². The Balaban J connectivity index is 2.52. The molecule has 1 heterocycles. The summed E-state index contributed by atoms with van der Waals surface area (Å²) in [7, 11) is 0. The van der Waals surface area contributed by atoms with Crippen LogP contribution in [0.1, 0.15) is 30.6 Å². The lowest BCUT2D eigenvalue weighted by atomic mass is 10.1. The van der Waals surface area contributed by atoms with Crippen molar-refractivity contribution in [2.24, 2.45) is 0 Å². The average molecular weight is 323 g/mol. The van der Waals surface area contributed by atoms with Crippen LogP contribution in [0.4, 0.5) is 0 Å². The third-order valence-corrected chi connectivity index (χ3v) is 3.80. The number of aryl methyl sites for hydroxylation is 1. The molecule has 0 aliphatic heterocycles. The molecule has 0 aliphatic carbocycles. The normalized spacial score (nSPS) is 12.4. The Morgan fingerprint density at radius 1 is 1.45 bits per heavy atom. The summed E-state index contributed by atoms with van der Waals surface area (Å²) in [5.41, 5.74) is 0.495. The number of hydrogen-bond donors (Lipinski definition) is 2. The Morgan fingerprint density at radius 3 is 2.82 bits per heavy atom. The second-order valence-corrected chi connectivity index (χ2v) is 5.64. The van der Waals surface area contributed by atoms with Crippen LogP contribution in [0.3, 0.4) is 0 Å². The molecule has 2 rings (SSSR count). The number of carbonyl (C=O) groups excluding carboxylic acids is 1. The summed E-state index contributed by atoms with van der Waals surface area (Å²) in [6.45, 7) is 4.33. The molecule has 6 heteroatoms. The number of halogens is 1. The third-order valence-electron chi connectivity index (χ3n) is 3.57. The van der Waals surface area contributed by atoms with Crippen molar-refractivity contribution < 1.29 is 9.90 Å². The van der Waals surface area contributed by atoms with E-state index in [-0.39, 0.29) is 23.6 Å². The molecule has 0 bridgehead atoms. The molecular weight excluding hydrogens is 304 g/mol. The van der Waals surface area contributed by atoms with Gasteiger partial charge in [0, 0.05) is 35.8 Å². The largest absolute Gasteiger partial charge is 0.396 e. The number of nitrogens with zero attached hydrogens (tertiary/aromatic N) is 1. The van der Waals surface area contributed by atoms with Gasteiger partial charge in [-0.25, -0.2) is 0 Å². The van der Waals surface area contributed by atoms with Gasteiger partial charge < -0.3 is 15.0 Å². The number of pyridine rings is 1. The first-order valence-corrected chi connectivity index (χ1v) is 7.60. The van der Waals surface area contributed by atoms with Crippen molar-refractivity contribution in [2.75, 3.05) is 6.61 Å². The summed E-state index contributed by atoms with van der Waals surface area (Å²) in [4.78, 5) is 24.9. The molecule has 1 aromatic carbocycles. The summed E-state index contributed by atoms with van der Waals surface area (Å²) >= 11 is 5.97. The van der Waals surface area contributed by atoms with Gasteiger partial charge in [-0.15, -0.1) is 0 Å². The van der Waals surface area contributed by atoms with Gasteiger partial charge in [0.05, 0.1) is 5.52 Å². The van der Waals surface area contributed by atoms with Crippen LogP contribution in [-0.2, 0) is 6.54 Å². The molecule has 0 radical (unpaired) electrons. The SMILES string of the molecule is CCn1cc(C(=O)NC(C)CCO)c(=O)c2cc(Cl)ccc21. The monoisotopic (exact) mass is 322 g/mol. The number of rotatable bonds is 5. The maximum absolute atomic E-state index is 12.5. The zero-order valence-electron chi connectivity index (χ0n) is 12.6. The number of carbonyl (C=O) groups is 1. The zero-order chi connectivity index (χ0) is 16.3. The van der Waals surface area contributed by atoms with Crippen LogP contribution in [0.2, 0.25) is 5.02 Å². The minimum atomic E-state index is -0.435. The molecule has 1 amide bonds. The van der Waals surface area contributed by atoms with Crippen LogP contribution in [0.5, 0.6) is 0 Å². The molecule has 22 heavy (non-hydrogen) atoms. The fourth-order valence-electron chi connectivity index (χ4n) is 2.36. The molecule has 2 aromatic rings. The first-order chi connectivity index (χ1) is 10.5. The first kappa shape index (κ1) is 16.5. The van der Waals surface area contributed by atoms with E-state index in [1.165, 1.54) is 0 Å². The molecule has 0 saturated heterocycles. The quantitative estimate of drug-likeness (QED) is 0.886. The molecule has 5 nitrogen and oxygen atoms in total. The molecule has 1 aromatic heterocycles. The van der Waals surface area contributed by atoms with Crippen molar-refractivity contribution in [3.05, 3.63) is 45.2 Å². The number of benzene rings is 1. The molecule has 1 atom stereocenters. The predicted molar refractivity (Wildman–Crippen MR) is 87.5 cm³/mol. The minimum absolute atomic E-state index is 0.0199. The zero-order valence-corrected chi connectivity index (χ0v) is 13.4. The van der Waals surface area contributed by atoms with E-state index >= 15 is 0 Å². The average Bonchev–Trinajstić information content (AvgIpc) is 2.48. The Bertz CT molecular complexity index is 755. The maximum atomic E-state index is 12.5. The Kier molecular flexibility index (Phi) is 5.21. The van der Waals surface area contributed by atoms with E-state index in [0.29, 0.717) is 23.4 Å². The number of hydrogen-bond acceptors (Lipinski definition) is 3. The van der Waals surface area contributed by atoms with Crippen LogP contribution >= 0.6 is 11.6 Å². The summed E-state index contributed by atoms with van der Waals surface area (Å²) in [5.74, 6) is -0.435. The Hall–Kier alpha value is -1.85. The lowest BCUT2D eigenvalue weighted by Gasteiger charge is -2.15. The van der Waals surface area contributed by atoms with E-state index in [1.807, 2.05) is 11.5 Å². The fraction of sp³-hybridized carbons (Fsp3) is 0.375. The number of amides is 1. The highest BCUT2D eigenvalue weighted by Crippen LogP contribution is 2.17. The molecule has 0 spiro atoms. The number of aliphatic hydroxyl groups excluding tert-OH is 1. The highest BCUT2D eigenvalue weighted by Gasteiger charge is 2.17. The second kappa shape index (κ2) is 6.94. The molecule has 2 N–H and O–H groups in total. The number of aliphatic hydroxyl groups is 1. The standard InChI is InChI=1S/C16H19ClN2O3/c1-3-19-9-13(16(22)18-10(2)6-7-20)15(21)12-8-11(17)4-5-14(12)19/h4-5,8-10,20H,3,6-7H2,1-2H3,(H,18,22). The van der Waals surface area contributed by atoms with E-state index < -0.39 is 5.91 Å². The molecule has 0 aliphatic rings. The summed E-state index contributed by atoms with van der Waals surface area (Å²) in [5, 5.41) is 12.5. The topological polar surface area (TPSA) is 71.3 Å². The van der Waals surface area contributed by atoms with E-state index in [1.54, 1.807) is 31.3 Å². The van der Waals surface area contributed by atoms with Crippen molar-refractivity contribution in [3.63, 3.8) is 0 Å². The van der Waals surface area contributed by atoms with Crippen LogP contribution < -0.4 is 10.7 Å². The lowest BCUT2D eigenvalue weighted by molar-refractivity contribution is 0.0933. The Labute approximate surface area is 133 Å². The summed E-state index contributed by atoms with van der Waals surface area (Å²) < 4.78 is 1.85. The van der Waals surface area contributed by atoms with Gasteiger partial charge in [-0.1, -0.05) is 11.6 Å². The van der Waals surface area contributed by atoms with E-state index in [2.05, 4.69) is 5.32 Å². The fourth-order valence-corrected chi connectivity index (χ4v) is 2.53. The smallest absolute Gasteiger partial charge is 0.256 e. The van der Waals surface area contributed by atoms with Gasteiger partial charge >= 0.3 is 0 Å². The van der Waals surface area contributed by atoms with Crippen LogP contribution in [0, 0.1) is 0 Å². The Morgan fingerprint density at radius 2 is 2.18 bits per heavy atom. The van der Waals surface area contributed by atoms with Crippen molar-refractivity contribution in [2.45, 2.75) is 32.9 Å². The van der Waals surface area contributed by atoms with Gasteiger partial charge in [0.1, 0.15) is 5.56 Å². The van der Waals surface area contributed by atoms with Gasteiger partial charge in [-0.2, -0.15) is 0 Å². The predicted octanol–water partition coefficient (Wildman–Crippen LogP) is 2.18. The van der Waals surface area contributed by atoms with Crippen molar-refractivity contribution >= 4 is 28.4 Å². The maximum Gasteiger partial charge on any atom is 0.256 e. The molecule has 0 saturated carbocycles. The summed E-state index contributed by atoms with van der Waals surface area (Å²) in [6.07, 6.45) is 2.01. The summed E-state index contributed by atoms with van der Waals surface area (Å²) in [6, 6.07) is 4.87. The number of nitrogens with one attached hydrogen (secondary N) is 1. The molecular formula is C16H19ClN2O3. The minimum Gasteiger partial charge on any atom is -0.396 e. The van der Waals surface area contributed by atoms with E-state index in [9.17, 15) is 9.59 Å². The molecule has 118 valence electrons. The first-order valence-electron chi connectivity index (χ1n) is 7.22. The van der Waals surface area contributed by atoms with Gasteiger partial charge in [-0.3, -0.25) is 9.59 Å². The highest BCUT2D eigenvalue weighted by atomic mass is 35.5. The number of aromatic nitrogens is 1. The van der Waals surface area contributed by atoms with Gasteiger partial charge in [-0.05, 0) is 38.5 Å². The van der Waals surface area contributed by atoms with Crippen LogP contribution in [0.15, 0.2) is 29.2 Å². The van der Waals surface area contributed by atoms with E-state index in [0.717, 1.165) is 5.52 Å². The molecule has 1 unspecified atom stereocenters. The second-order valence-electron chi connectivity index (χ2n) is 5.21. The van der Waals surface area contributed by atoms with Crippen molar-refractivity contribution in [1.82, 2.24) is 9.88 Å². The molecule has 0 fully saturated rings. The number of fused-ring (bicyclic) bond motifs is 1.